The molecule has 176 valence electrons. The highest BCUT2D eigenvalue weighted by Gasteiger charge is 2.14. The van der Waals surface area contributed by atoms with E-state index in [9.17, 15) is 0 Å². The summed E-state index contributed by atoms with van der Waals surface area (Å²) in [5.74, 6) is 2.42. The standard InChI is InChI=1S/C26H22N4O4S/c1-31-22-13-25(33-3)24(32-2)12-18(22)14-28-30-20(23-11-17-7-4-5-9-21(17)34-23)16-35-26(30)29-19-8-6-10-27-15-19/h4-16H,1-3H3. The first-order chi connectivity index (χ1) is 17.2. The number of methoxy groups -OCH3 is 3. The Labute approximate surface area is 205 Å². The minimum atomic E-state index is 0.569. The van der Waals surface area contributed by atoms with Gasteiger partial charge in [-0.05, 0) is 30.3 Å². The zero-order valence-corrected chi connectivity index (χ0v) is 20.2. The lowest BCUT2D eigenvalue weighted by Crippen LogP contribution is -2.11. The van der Waals surface area contributed by atoms with Gasteiger partial charge in [-0.25, -0.2) is 9.67 Å². The van der Waals surface area contributed by atoms with Crippen LogP contribution in [0.3, 0.4) is 0 Å². The SMILES string of the molecule is COc1cc(OC)c(OC)cc1C=Nn1c(-c2cc3ccccc3o2)csc1=Nc1cccnc1. The average Bonchev–Trinajstić information content (AvgIpc) is 3.51. The predicted molar refractivity (Wildman–Crippen MR) is 136 cm³/mol. The first-order valence-corrected chi connectivity index (χ1v) is 11.6. The molecule has 0 saturated heterocycles. The Balaban J connectivity index is 1.66. The van der Waals surface area contributed by atoms with Gasteiger partial charge < -0.3 is 18.6 Å². The predicted octanol–water partition coefficient (Wildman–Crippen LogP) is 5.50. The number of ether oxygens (including phenoxy) is 3. The zero-order chi connectivity index (χ0) is 24.2. The Bertz CT molecular complexity index is 1530. The molecule has 0 aliphatic heterocycles. The van der Waals surface area contributed by atoms with Gasteiger partial charge in [0, 0.05) is 28.6 Å². The smallest absolute Gasteiger partial charge is 0.211 e. The number of para-hydroxylation sites is 1. The van der Waals surface area contributed by atoms with Crippen molar-refractivity contribution in [3.63, 3.8) is 0 Å². The summed E-state index contributed by atoms with van der Waals surface area (Å²) in [4.78, 5) is 9.56. The molecule has 0 fully saturated rings. The summed E-state index contributed by atoms with van der Waals surface area (Å²) >= 11 is 1.45. The van der Waals surface area contributed by atoms with Crippen molar-refractivity contribution in [3.8, 4) is 28.7 Å². The Morgan fingerprint density at radius 3 is 2.49 bits per heavy atom. The molecule has 8 nitrogen and oxygen atoms in total. The van der Waals surface area contributed by atoms with Gasteiger partial charge in [0.15, 0.2) is 17.3 Å². The van der Waals surface area contributed by atoms with E-state index in [4.69, 9.17) is 28.7 Å². The van der Waals surface area contributed by atoms with Crippen molar-refractivity contribution >= 4 is 34.2 Å². The molecule has 0 aliphatic carbocycles. The molecule has 0 aliphatic rings. The van der Waals surface area contributed by atoms with E-state index in [0.717, 1.165) is 22.4 Å². The summed E-state index contributed by atoms with van der Waals surface area (Å²) in [5.41, 5.74) is 3.01. The van der Waals surface area contributed by atoms with Crippen LogP contribution in [0.25, 0.3) is 22.4 Å². The molecule has 0 unspecified atom stereocenters. The summed E-state index contributed by atoms with van der Waals surface area (Å²) in [6, 6.07) is 17.2. The van der Waals surface area contributed by atoms with Gasteiger partial charge in [0.1, 0.15) is 17.0 Å². The highest BCUT2D eigenvalue weighted by Crippen LogP contribution is 2.34. The van der Waals surface area contributed by atoms with E-state index in [1.807, 2.05) is 53.9 Å². The lowest BCUT2D eigenvalue weighted by atomic mass is 10.2. The number of nitrogens with zero attached hydrogens (tertiary/aromatic N) is 4. The Hall–Kier alpha value is -4.37. The van der Waals surface area contributed by atoms with Gasteiger partial charge in [-0.3, -0.25) is 4.98 Å². The number of fused-ring (bicyclic) bond motifs is 1. The Morgan fingerprint density at radius 2 is 1.74 bits per heavy atom. The number of aromatic nitrogens is 2. The fourth-order valence-corrected chi connectivity index (χ4v) is 4.41. The zero-order valence-electron chi connectivity index (χ0n) is 19.3. The van der Waals surface area contributed by atoms with Crippen molar-refractivity contribution in [2.45, 2.75) is 0 Å². The lowest BCUT2D eigenvalue weighted by molar-refractivity contribution is 0.349. The summed E-state index contributed by atoms with van der Waals surface area (Å²) in [5, 5.41) is 7.75. The normalized spacial score (nSPS) is 11.9. The lowest BCUT2D eigenvalue weighted by Gasteiger charge is -2.11. The summed E-state index contributed by atoms with van der Waals surface area (Å²) < 4.78 is 24.3. The van der Waals surface area contributed by atoms with Crippen LogP contribution in [0.5, 0.6) is 17.2 Å². The summed E-state index contributed by atoms with van der Waals surface area (Å²) in [7, 11) is 4.76. The molecule has 5 aromatic rings. The van der Waals surface area contributed by atoms with Crippen molar-refractivity contribution in [3.05, 3.63) is 82.7 Å². The number of benzene rings is 2. The van der Waals surface area contributed by atoms with E-state index in [0.29, 0.717) is 33.4 Å². The second-order valence-electron chi connectivity index (χ2n) is 7.38. The van der Waals surface area contributed by atoms with Crippen LogP contribution in [0.4, 0.5) is 5.69 Å². The maximum atomic E-state index is 6.12. The second-order valence-corrected chi connectivity index (χ2v) is 8.22. The molecule has 0 saturated carbocycles. The van der Waals surface area contributed by atoms with Crippen LogP contribution in [0.1, 0.15) is 5.56 Å². The van der Waals surface area contributed by atoms with E-state index in [2.05, 4.69) is 4.98 Å². The highest BCUT2D eigenvalue weighted by atomic mass is 32.1. The molecular formula is C26H22N4O4S. The second kappa shape index (κ2) is 9.86. The van der Waals surface area contributed by atoms with Gasteiger partial charge in [-0.15, -0.1) is 11.3 Å². The summed E-state index contributed by atoms with van der Waals surface area (Å²) in [6.07, 6.45) is 5.11. The maximum absolute atomic E-state index is 6.12. The minimum absolute atomic E-state index is 0.569. The molecule has 35 heavy (non-hydrogen) atoms. The fraction of sp³-hybridized carbons (Fsp3) is 0.115. The Kier molecular flexibility index (Phi) is 6.32. The van der Waals surface area contributed by atoms with E-state index in [-0.39, 0.29) is 0 Å². The molecule has 0 radical (unpaired) electrons. The fourth-order valence-electron chi connectivity index (χ4n) is 3.57. The van der Waals surface area contributed by atoms with E-state index < -0.39 is 0 Å². The number of pyridine rings is 1. The van der Waals surface area contributed by atoms with Crippen molar-refractivity contribution in [1.82, 2.24) is 9.66 Å². The van der Waals surface area contributed by atoms with Crippen molar-refractivity contribution in [1.29, 1.82) is 0 Å². The van der Waals surface area contributed by atoms with Crippen LogP contribution < -0.4 is 19.0 Å². The third kappa shape index (κ3) is 4.53. The van der Waals surface area contributed by atoms with Crippen LogP contribution in [0.15, 0.2) is 86.9 Å². The van der Waals surface area contributed by atoms with Crippen molar-refractivity contribution < 1.29 is 18.6 Å². The highest BCUT2D eigenvalue weighted by molar-refractivity contribution is 7.07. The van der Waals surface area contributed by atoms with Crippen molar-refractivity contribution in [2.75, 3.05) is 21.3 Å². The van der Waals surface area contributed by atoms with E-state index in [1.165, 1.54) is 11.3 Å². The maximum Gasteiger partial charge on any atom is 0.211 e. The largest absolute Gasteiger partial charge is 0.496 e. The molecule has 9 heteroatoms. The molecule has 5 rings (SSSR count). The van der Waals surface area contributed by atoms with Gasteiger partial charge in [0.05, 0.1) is 39.4 Å². The van der Waals surface area contributed by atoms with Gasteiger partial charge >= 0.3 is 0 Å². The third-order valence-electron chi connectivity index (χ3n) is 5.28. The van der Waals surface area contributed by atoms with Gasteiger partial charge in [-0.1, -0.05) is 18.2 Å². The topological polar surface area (TPSA) is 83.4 Å². The third-order valence-corrected chi connectivity index (χ3v) is 6.10. The molecule has 2 aromatic carbocycles. The molecule has 3 heterocycles. The number of hydrogen-bond donors (Lipinski definition) is 0. The van der Waals surface area contributed by atoms with Gasteiger partial charge in [0.25, 0.3) is 0 Å². The van der Waals surface area contributed by atoms with Crippen LogP contribution in [0.2, 0.25) is 0 Å². The quantitative estimate of drug-likeness (QED) is 0.284. The number of thiazole rings is 1. The van der Waals surface area contributed by atoms with Gasteiger partial charge in [0.2, 0.25) is 4.80 Å². The van der Waals surface area contributed by atoms with E-state index in [1.54, 1.807) is 50.7 Å². The van der Waals surface area contributed by atoms with Gasteiger partial charge in [-0.2, -0.15) is 5.10 Å². The first kappa shape index (κ1) is 22.4. The molecule has 0 spiro atoms. The van der Waals surface area contributed by atoms with Crippen LogP contribution in [0, 0.1) is 0 Å². The molecule has 0 amide bonds. The molecular weight excluding hydrogens is 464 g/mol. The first-order valence-electron chi connectivity index (χ1n) is 10.7. The molecule has 0 atom stereocenters. The van der Waals surface area contributed by atoms with Crippen LogP contribution in [-0.2, 0) is 0 Å². The average molecular weight is 487 g/mol. The number of rotatable bonds is 7. The summed E-state index contributed by atoms with van der Waals surface area (Å²) in [6.45, 7) is 0. The monoisotopic (exact) mass is 486 g/mol. The molecule has 3 aromatic heterocycles. The van der Waals surface area contributed by atoms with Crippen LogP contribution in [-0.4, -0.2) is 37.2 Å². The minimum Gasteiger partial charge on any atom is -0.496 e. The number of hydrogen-bond acceptors (Lipinski definition) is 8. The Morgan fingerprint density at radius 1 is 0.943 bits per heavy atom. The van der Waals surface area contributed by atoms with E-state index >= 15 is 0 Å². The molecule has 0 bridgehead atoms. The number of furan rings is 1. The molecule has 0 N–H and O–H groups in total. The van der Waals surface area contributed by atoms with Crippen molar-refractivity contribution in [2.24, 2.45) is 10.1 Å². The van der Waals surface area contributed by atoms with Crippen LogP contribution >= 0.6 is 11.3 Å².